The van der Waals surface area contributed by atoms with Crippen molar-refractivity contribution < 1.29 is 27.4 Å². The van der Waals surface area contributed by atoms with Gasteiger partial charge in [-0.25, -0.2) is 8.42 Å². The molecule has 10 heteroatoms. The molecule has 0 unspecified atom stereocenters. The van der Waals surface area contributed by atoms with E-state index in [2.05, 4.69) is 4.90 Å². The Labute approximate surface area is 195 Å². The predicted octanol–water partition coefficient (Wildman–Crippen LogP) is 2.46. The highest BCUT2D eigenvalue weighted by atomic mass is 32.2. The van der Waals surface area contributed by atoms with E-state index in [1.165, 1.54) is 27.3 Å². The zero-order chi connectivity index (χ0) is 24.2. The van der Waals surface area contributed by atoms with Crippen LogP contribution in [-0.2, 0) is 10.0 Å². The quantitative estimate of drug-likeness (QED) is 0.577. The highest BCUT2D eigenvalue weighted by molar-refractivity contribution is 7.92. The van der Waals surface area contributed by atoms with Gasteiger partial charge >= 0.3 is 0 Å². The molecule has 0 saturated carbocycles. The number of piperazine rings is 1. The third-order valence-corrected chi connectivity index (χ3v) is 7.61. The van der Waals surface area contributed by atoms with Crippen LogP contribution in [0.3, 0.4) is 0 Å². The largest absolute Gasteiger partial charge is 0.495 e. The average molecular weight is 478 g/mol. The van der Waals surface area contributed by atoms with E-state index in [9.17, 15) is 13.2 Å². The summed E-state index contributed by atoms with van der Waals surface area (Å²) in [6.45, 7) is 3.77. The number of nitrogens with zero attached hydrogens (tertiary/aromatic N) is 3. The van der Waals surface area contributed by atoms with Crippen molar-refractivity contribution in [2.24, 2.45) is 0 Å². The molecule has 1 amide bonds. The van der Waals surface area contributed by atoms with E-state index in [0.29, 0.717) is 37.7 Å². The maximum Gasteiger partial charge on any atom is 0.256 e. The summed E-state index contributed by atoms with van der Waals surface area (Å²) in [5.74, 6) is 1.14. The number of benzene rings is 2. The third kappa shape index (κ3) is 4.95. The minimum atomic E-state index is -3.59. The second-order valence-corrected chi connectivity index (χ2v) is 9.83. The maximum absolute atomic E-state index is 13.5. The van der Waals surface area contributed by atoms with Crippen LogP contribution in [0.5, 0.6) is 17.2 Å². The van der Waals surface area contributed by atoms with Gasteiger partial charge in [-0.15, -0.1) is 0 Å². The van der Waals surface area contributed by atoms with Crippen molar-refractivity contribution >= 4 is 27.3 Å². The molecule has 1 aliphatic rings. The molecule has 2 aromatic carbocycles. The molecule has 1 heterocycles. The van der Waals surface area contributed by atoms with Gasteiger partial charge in [-0.05, 0) is 25.1 Å². The van der Waals surface area contributed by atoms with Crippen LogP contribution in [0.25, 0.3) is 0 Å². The molecule has 0 aromatic heterocycles. The van der Waals surface area contributed by atoms with Gasteiger partial charge < -0.3 is 24.0 Å². The Bertz CT molecular complexity index is 1100. The molecule has 1 fully saturated rings. The molecule has 1 aliphatic heterocycles. The smallest absolute Gasteiger partial charge is 0.256 e. The summed E-state index contributed by atoms with van der Waals surface area (Å²) in [7, 11) is 2.43. The van der Waals surface area contributed by atoms with Gasteiger partial charge in [0, 0.05) is 39.3 Å². The van der Waals surface area contributed by atoms with Crippen LogP contribution in [0.2, 0.25) is 0 Å². The number of amides is 1. The van der Waals surface area contributed by atoms with Crippen molar-refractivity contribution in [2.45, 2.75) is 6.92 Å². The van der Waals surface area contributed by atoms with Gasteiger partial charge in [-0.2, -0.15) is 0 Å². The first-order valence-electron chi connectivity index (χ1n) is 10.7. The van der Waals surface area contributed by atoms with Gasteiger partial charge in [0.1, 0.15) is 5.75 Å². The SMILES string of the molecule is CCS(=O)(=O)N(C)c1cc(OC)c(OC)cc1C(=O)N1CCN(c2ccccc2OC)CC1. The molecule has 0 N–H and O–H groups in total. The van der Waals surface area contributed by atoms with Gasteiger partial charge in [0.15, 0.2) is 11.5 Å². The van der Waals surface area contributed by atoms with E-state index in [1.807, 2.05) is 24.3 Å². The van der Waals surface area contributed by atoms with Gasteiger partial charge in [-0.3, -0.25) is 9.10 Å². The zero-order valence-corrected chi connectivity index (χ0v) is 20.5. The standard InChI is InChI=1S/C23H31N3O6S/c1-6-33(28,29)24(2)19-16-22(32-5)21(31-4)15-17(19)23(27)26-13-11-25(12-14-26)18-9-7-8-10-20(18)30-3/h7-10,15-16H,6,11-14H2,1-5H3. The molecule has 2 aromatic rings. The summed E-state index contributed by atoms with van der Waals surface area (Å²) in [6, 6.07) is 10.9. The molecular weight excluding hydrogens is 446 g/mol. The average Bonchev–Trinajstić information content (AvgIpc) is 2.86. The van der Waals surface area contributed by atoms with Crippen LogP contribution in [0.4, 0.5) is 11.4 Å². The summed E-state index contributed by atoms with van der Waals surface area (Å²) < 4.78 is 42.5. The van der Waals surface area contributed by atoms with Crippen LogP contribution in [-0.4, -0.2) is 79.5 Å². The summed E-state index contributed by atoms with van der Waals surface area (Å²) >= 11 is 0. The zero-order valence-electron chi connectivity index (χ0n) is 19.7. The van der Waals surface area contributed by atoms with E-state index in [-0.39, 0.29) is 22.9 Å². The van der Waals surface area contributed by atoms with E-state index < -0.39 is 10.0 Å². The van der Waals surface area contributed by atoms with Crippen molar-refractivity contribution in [3.8, 4) is 17.2 Å². The highest BCUT2D eigenvalue weighted by Gasteiger charge is 2.29. The lowest BCUT2D eigenvalue weighted by Gasteiger charge is -2.37. The van der Waals surface area contributed by atoms with Crippen LogP contribution in [0.1, 0.15) is 17.3 Å². The fraction of sp³-hybridized carbons (Fsp3) is 0.435. The Hall–Kier alpha value is -3.14. The number of carbonyl (C=O) groups excluding carboxylic acids is 1. The van der Waals surface area contributed by atoms with Crippen molar-refractivity contribution in [1.29, 1.82) is 0 Å². The molecule has 3 rings (SSSR count). The van der Waals surface area contributed by atoms with Crippen molar-refractivity contribution in [3.63, 3.8) is 0 Å². The number of ether oxygens (including phenoxy) is 3. The number of sulfonamides is 1. The second-order valence-electron chi connectivity index (χ2n) is 7.54. The normalized spacial score (nSPS) is 14.1. The molecule has 0 atom stereocenters. The number of methoxy groups -OCH3 is 3. The van der Waals surface area contributed by atoms with E-state index in [4.69, 9.17) is 14.2 Å². The lowest BCUT2D eigenvalue weighted by atomic mass is 10.1. The van der Waals surface area contributed by atoms with E-state index in [1.54, 1.807) is 25.0 Å². The Morgan fingerprint density at radius 1 is 0.939 bits per heavy atom. The van der Waals surface area contributed by atoms with Crippen LogP contribution in [0.15, 0.2) is 36.4 Å². The van der Waals surface area contributed by atoms with Crippen molar-refractivity contribution in [2.75, 3.05) is 69.5 Å². The Morgan fingerprint density at radius 2 is 1.52 bits per heavy atom. The van der Waals surface area contributed by atoms with Gasteiger partial charge in [0.2, 0.25) is 10.0 Å². The first-order valence-corrected chi connectivity index (χ1v) is 12.3. The van der Waals surface area contributed by atoms with Gasteiger partial charge in [0.05, 0.1) is 44.0 Å². The van der Waals surface area contributed by atoms with Crippen molar-refractivity contribution in [1.82, 2.24) is 4.90 Å². The number of hydrogen-bond acceptors (Lipinski definition) is 7. The molecule has 180 valence electrons. The van der Waals surface area contributed by atoms with Crippen molar-refractivity contribution in [3.05, 3.63) is 42.0 Å². The topological polar surface area (TPSA) is 88.6 Å². The van der Waals surface area contributed by atoms with E-state index >= 15 is 0 Å². The lowest BCUT2D eigenvalue weighted by Crippen LogP contribution is -2.49. The Morgan fingerprint density at radius 3 is 2.09 bits per heavy atom. The number of rotatable bonds is 8. The minimum absolute atomic E-state index is 0.0942. The lowest BCUT2D eigenvalue weighted by molar-refractivity contribution is 0.0747. The first kappa shape index (κ1) is 24.5. The van der Waals surface area contributed by atoms with Crippen LogP contribution < -0.4 is 23.4 Å². The summed E-state index contributed by atoms with van der Waals surface area (Å²) in [4.78, 5) is 17.4. The predicted molar refractivity (Wildman–Crippen MR) is 129 cm³/mol. The molecule has 0 aliphatic carbocycles. The van der Waals surface area contributed by atoms with E-state index in [0.717, 1.165) is 15.7 Å². The fourth-order valence-electron chi connectivity index (χ4n) is 3.86. The third-order valence-electron chi connectivity index (χ3n) is 5.85. The summed E-state index contributed by atoms with van der Waals surface area (Å²) in [6.07, 6.45) is 0. The summed E-state index contributed by atoms with van der Waals surface area (Å²) in [5.41, 5.74) is 1.48. The highest BCUT2D eigenvalue weighted by Crippen LogP contribution is 2.37. The number of anilines is 2. The molecule has 9 nitrogen and oxygen atoms in total. The molecule has 1 saturated heterocycles. The fourth-order valence-corrected chi connectivity index (χ4v) is 4.69. The molecule has 0 bridgehead atoms. The number of hydrogen-bond donors (Lipinski definition) is 0. The van der Waals surface area contributed by atoms with Crippen LogP contribution >= 0.6 is 0 Å². The second kappa shape index (κ2) is 10.2. The first-order chi connectivity index (χ1) is 15.8. The Balaban J connectivity index is 1.90. The molecular formula is C23H31N3O6S. The monoisotopic (exact) mass is 477 g/mol. The van der Waals surface area contributed by atoms with Crippen LogP contribution in [0, 0.1) is 0 Å². The van der Waals surface area contributed by atoms with Gasteiger partial charge in [-0.1, -0.05) is 12.1 Å². The molecule has 33 heavy (non-hydrogen) atoms. The minimum Gasteiger partial charge on any atom is -0.495 e. The number of para-hydroxylation sites is 2. The Kier molecular flexibility index (Phi) is 7.57. The number of carbonyl (C=O) groups is 1. The maximum atomic E-state index is 13.5. The molecule has 0 radical (unpaired) electrons. The molecule has 0 spiro atoms. The van der Waals surface area contributed by atoms with Gasteiger partial charge in [0.25, 0.3) is 5.91 Å². The summed E-state index contributed by atoms with van der Waals surface area (Å²) in [5, 5.41) is 0.